The van der Waals surface area contributed by atoms with Crippen LogP contribution in [0.4, 0.5) is 5.69 Å². The molecule has 0 amide bonds. The van der Waals surface area contributed by atoms with Crippen molar-refractivity contribution in [2.24, 2.45) is 5.73 Å². The van der Waals surface area contributed by atoms with Gasteiger partial charge in [0.2, 0.25) is 0 Å². The van der Waals surface area contributed by atoms with Crippen molar-refractivity contribution in [3.63, 3.8) is 0 Å². The highest BCUT2D eigenvalue weighted by Crippen LogP contribution is 2.29. The van der Waals surface area contributed by atoms with Crippen LogP contribution >= 0.6 is 0 Å². The van der Waals surface area contributed by atoms with E-state index in [2.05, 4.69) is 56.6 Å². The van der Waals surface area contributed by atoms with Gasteiger partial charge in [-0.3, -0.25) is 9.88 Å². The Kier molecular flexibility index (Phi) is 7.92. The number of hydrogen-bond donors (Lipinski definition) is 3. The molecule has 6 heteroatoms. The SMILES string of the molecule is Cc1cccnc1CN(CCCCN)C[C@H]1Cc2c(cccc2N2CCNCC2)CN1. The Hall–Kier alpha value is -1.99. The lowest BCUT2D eigenvalue weighted by atomic mass is 9.93. The molecule has 31 heavy (non-hydrogen) atoms. The van der Waals surface area contributed by atoms with Crippen LogP contribution in [0.2, 0.25) is 0 Å². The lowest BCUT2D eigenvalue weighted by Gasteiger charge is -2.36. The first-order valence-corrected chi connectivity index (χ1v) is 11.9. The van der Waals surface area contributed by atoms with Crippen molar-refractivity contribution in [1.82, 2.24) is 20.5 Å². The molecule has 0 bridgehead atoms. The molecule has 1 aromatic carbocycles. The number of fused-ring (bicyclic) bond motifs is 1. The Bertz CT molecular complexity index is 833. The summed E-state index contributed by atoms with van der Waals surface area (Å²) in [6.07, 6.45) is 5.21. The Labute approximate surface area is 187 Å². The minimum atomic E-state index is 0.457. The number of piperazine rings is 1. The third-order valence-electron chi connectivity index (χ3n) is 6.64. The maximum atomic E-state index is 5.76. The zero-order chi connectivity index (χ0) is 21.5. The van der Waals surface area contributed by atoms with Gasteiger partial charge in [0.25, 0.3) is 0 Å². The van der Waals surface area contributed by atoms with Gasteiger partial charge in [0.15, 0.2) is 0 Å². The highest BCUT2D eigenvalue weighted by molar-refractivity contribution is 5.58. The molecular weight excluding hydrogens is 384 g/mol. The molecule has 168 valence electrons. The van der Waals surface area contributed by atoms with E-state index in [9.17, 15) is 0 Å². The standard InChI is InChI=1S/C25H38N6/c1-20-6-5-10-28-24(20)19-30(13-3-2-9-26)18-22-16-23-21(17-29-22)7-4-8-25(23)31-14-11-27-12-15-31/h4-8,10,22,27,29H,2-3,9,11-19,26H2,1H3/t22-/m1/s1. The van der Waals surface area contributed by atoms with Crippen LogP contribution in [0.25, 0.3) is 0 Å². The first-order valence-electron chi connectivity index (χ1n) is 11.9. The zero-order valence-electron chi connectivity index (χ0n) is 18.9. The summed E-state index contributed by atoms with van der Waals surface area (Å²) < 4.78 is 0. The molecule has 2 aliphatic heterocycles. The van der Waals surface area contributed by atoms with Gasteiger partial charge in [0, 0.05) is 63.7 Å². The maximum Gasteiger partial charge on any atom is 0.0573 e. The van der Waals surface area contributed by atoms with Crippen molar-refractivity contribution in [2.75, 3.05) is 50.7 Å². The molecule has 0 radical (unpaired) electrons. The summed E-state index contributed by atoms with van der Waals surface area (Å²) in [4.78, 5) is 9.79. The number of aromatic nitrogens is 1. The molecule has 3 heterocycles. The van der Waals surface area contributed by atoms with Crippen LogP contribution in [0, 0.1) is 6.92 Å². The van der Waals surface area contributed by atoms with Crippen molar-refractivity contribution < 1.29 is 0 Å². The van der Waals surface area contributed by atoms with E-state index in [1.165, 1.54) is 22.5 Å². The number of unbranched alkanes of at least 4 members (excludes halogenated alkanes) is 1. The van der Waals surface area contributed by atoms with Gasteiger partial charge < -0.3 is 21.3 Å². The van der Waals surface area contributed by atoms with E-state index < -0.39 is 0 Å². The number of aryl methyl sites for hydroxylation is 1. The van der Waals surface area contributed by atoms with Crippen molar-refractivity contribution >= 4 is 5.69 Å². The Balaban J connectivity index is 1.46. The lowest BCUT2D eigenvalue weighted by Crippen LogP contribution is -2.47. The summed E-state index contributed by atoms with van der Waals surface area (Å²) >= 11 is 0. The number of pyridine rings is 1. The second kappa shape index (κ2) is 11.0. The van der Waals surface area contributed by atoms with E-state index in [0.717, 1.165) is 78.2 Å². The summed E-state index contributed by atoms with van der Waals surface area (Å²) in [5.41, 5.74) is 12.7. The molecule has 6 nitrogen and oxygen atoms in total. The van der Waals surface area contributed by atoms with Crippen LogP contribution in [0.3, 0.4) is 0 Å². The Morgan fingerprint density at radius 2 is 2.03 bits per heavy atom. The van der Waals surface area contributed by atoms with Gasteiger partial charge in [-0.1, -0.05) is 18.2 Å². The van der Waals surface area contributed by atoms with Crippen LogP contribution in [-0.4, -0.2) is 61.7 Å². The summed E-state index contributed by atoms with van der Waals surface area (Å²) in [5.74, 6) is 0. The van der Waals surface area contributed by atoms with Crippen molar-refractivity contribution in [3.05, 3.63) is 58.9 Å². The van der Waals surface area contributed by atoms with Gasteiger partial charge in [0.05, 0.1) is 5.69 Å². The predicted molar refractivity (Wildman–Crippen MR) is 128 cm³/mol. The summed E-state index contributed by atoms with van der Waals surface area (Å²) in [7, 11) is 0. The average molecular weight is 423 g/mol. The smallest absolute Gasteiger partial charge is 0.0573 e. The lowest BCUT2D eigenvalue weighted by molar-refractivity contribution is 0.222. The fourth-order valence-electron chi connectivity index (χ4n) is 4.85. The number of rotatable bonds is 9. The molecule has 1 saturated heterocycles. The second-order valence-corrected chi connectivity index (χ2v) is 8.93. The number of benzene rings is 1. The Morgan fingerprint density at radius 3 is 2.84 bits per heavy atom. The molecule has 1 aromatic heterocycles. The summed E-state index contributed by atoms with van der Waals surface area (Å²) in [6.45, 7) is 11.2. The monoisotopic (exact) mass is 422 g/mol. The van der Waals surface area contributed by atoms with Gasteiger partial charge in [0.1, 0.15) is 0 Å². The summed E-state index contributed by atoms with van der Waals surface area (Å²) in [6, 6.07) is 11.5. The quantitative estimate of drug-likeness (QED) is 0.538. The second-order valence-electron chi connectivity index (χ2n) is 8.93. The van der Waals surface area contributed by atoms with Gasteiger partial charge in [-0.05, 0) is 68.1 Å². The van der Waals surface area contributed by atoms with E-state index in [-0.39, 0.29) is 0 Å². The molecule has 0 spiro atoms. The van der Waals surface area contributed by atoms with E-state index in [0.29, 0.717) is 6.04 Å². The number of nitrogens with two attached hydrogens (primary N) is 1. The first kappa shape index (κ1) is 22.2. The first-order chi connectivity index (χ1) is 15.2. The Morgan fingerprint density at radius 1 is 1.16 bits per heavy atom. The number of nitrogens with one attached hydrogen (secondary N) is 2. The van der Waals surface area contributed by atoms with Crippen molar-refractivity contribution in [2.45, 2.75) is 45.3 Å². The molecule has 2 aromatic rings. The summed E-state index contributed by atoms with van der Waals surface area (Å²) in [5, 5.41) is 7.29. The molecule has 1 atom stereocenters. The van der Waals surface area contributed by atoms with E-state index in [1.54, 1.807) is 5.56 Å². The largest absolute Gasteiger partial charge is 0.369 e. The fraction of sp³-hybridized carbons (Fsp3) is 0.560. The normalized spacial score (nSPS) is 18.9. The van der Waals surface area contributed by atoms with Gasteiger partial charge in [-0.15, -0.1) is 0 Å². The zero-order valence-corrected chi connectivity index (χ0v) is 18.9. The fourth-order valence-corrected chi connectivity index (χ4v) is 4.85. The van der Waals surface area contributed by atoms with Crippen LogP contribution in [0.5, 0.6) is 0 Å². The number of hydrogen-bond acceptors (Lipinski definition) is 6. The van der Waals surface area contributed by atoms with Crippen LogP contribution < -0.4 is 21.3 Å². The van der Waals surface area contributed by atoms with E-state index >= 15 is 0 Å². The number of nitrogens with zero attached hydrogens (tertiary/aromatic N) is 3. The van der Waals surface area contributed by atoms with Gasteiger partial charge >= 0.3 is 0 Å². The molecule has 4 N–H and O–H groups in total. The van der Waals surface area contributed by atoms with E-state index in [1.807, 2.05) is 12.3 Å². The number of anilines is 1. The highest BCUT2D eigenvalue weighted by Gasteiger charge is 2.25. The third kappa shape index (κ3) is 5.83. The molecule has 0 saturated carbocycles. The molecule has 4 rings (SSSR count). The highest BCUT2D eigenvalue weighted by atomic mass is 15.2. The molecule has 0 unspecified atom stereocenters. The van der Waals surface area contributed by atoms with Crippen molar-refractivity contribution in [1.29, 1.82) is 0 Å². The van der Waals surface area contributed by atoms with Crippen LogP contribution in [-0.2, 0) is 19.5 Å². The minimum Gasteiger partial charge on any atom is -0.369 e. The predicted octanol–water partition coefficient (Wildman–Crippen LogP) is 2.06. The average Bonchev–Trinajstić information content (AvgIpc) is 2.81. The van der Waals surface area contributed by atoms with Gasteiger partial charge in [-0.2, -0.15) is 0 Å². The molecule has 2 aliphatic rings. The van der Waals surface area contributed by atoms with E-state index in [4.69, 9.17) is 5.73 Å². The van der Waals surface area contributed by atoms with Crippen LogP contribution in [0.1, 0.15) is 35.2 Å². The van der Waals surface area contributed by atoms with Crippen LogP contribution in [0.15, 0.2) is 36.5 Å². The topological polar surface area (TPSA) is 69.5 Å². The third-order valence-corrected chi connectivity index (χ3v) is 6.64. The maximum absolute atomic E-state index is 5.76. The van der Waals surface area contributed by atoms with Crippen molar-refractivity contribution in [3.8, 4) is 0 Å². The van der Waals surface area contributed by atoms with Gasteiger partial charge in [-0.25, -0.2) is 0 Å². The molecule has 0 aliphatic carbocycles. The molecular formula is C25H38N6. The minimum absolute atomic E-state index is 0.457. The molecule has 1 fully saturated rings.